The number of imidazole rings is 1. The van der Waals surface area contributed by atoms with Crippen molar-refractivity contribution in [2.75, 3.05) is 0 Å². The van der Waals surface area contributed by atoms with Crippen molar-refractivity contribution in [1.82, 2.24) is 9.97 Å². The Morgan fingerprint density at radius 3 is 2.82 bits per heavy atom. The van der Waals surface area contributed by atoms with Crippen LogP contribution in [-0.2, 0) is 6.42 Å². The van der Waals surface area contributed by atoms with E-state index >= 15 is 0 Å². The zero-order valence-electron chi connectivity index (χ0n) is 7.04. The van der Waals surface area contributed by atoms with E-state index in [9.17, 15) is 0 Å². The van der Waals surface area contributed by atoms with Gasteiger partial charge in [0.1, 0.15) is 0 Å². The first-order chi connectivity index (χ1) is 5.20. The second-order valence-corrected chi connectivity index (χ2v) is 3.19. The number of hydrogen-bond acceptors (Lipinski definition) is 2. The summed E-state index contributed by atoms with van der Waals surface area (Å²) in [6, 6.07) is 0.232. The van der Waals surface area contributed by atoms with Gasteiger partial charge in [-0.3, -0.25) is 0 Å². The SMILES string of the molecule is CC(C)C(N)Cc1cnc[nH]1. The normalized spacial score (nSPS) is 13.8. The Balaban J connectivity index is 2.43. The molecule has 62 valence electrons. The Bertz CT molecular complexity index is 191. The number of aromatic nitrogens is 2. The van der Waals surface area contributed by atoms with E-state index in [-0.39, 0.29) is 6.04 Å². The average Bonchev–Trinajstić information content (AvgIpc) is 2.39. The van der Waals surface area contributed by atoms with Gasteiger partial charge in [0.2, 0.25) is 0 Å². The van der Waals surface area contributed by atoms with Gasteiger partial charge >= 0.3 is 0 Å². The van der Waals surface area contributed by atoms with Gasteiger partial charge in [-0.15, -0.1) is 0 Å². The fourth-order valence-corrected chi connectivity index (χ4v) is 0.886. The predicted octanol–water partition coefficient (Wildman–Crippen LogP) is 0.936. The van der Waals surface area contributed by atoms with Crippen LogP contribution in [0.2, 0.25) is 0 Å². The summed E-state index contributed by atoms with van der Waals surface area (Å²) in [4.78, 5) is 6.96. The molecule has 1 heterocycles. The van der Waals surface area contributed by atoms with Gasteiger partial charge in [-0.2, -0.15) is 0 Å². The number of aromatic amines is 1. The highest BCUT2D eigenvalue weighted by atomic mass is 14.9. The van der Waals surface area contributed by atoms with Crippen molar-refractivity contribution in [2.45, 2.75) is 26.3 Å². The molecule has 0 spiro atoms. The van der Waals surface area contributed by atoms with Crippen molar-refractivity contribution in [3.8, 4) is 0 Å². The Morgan fingerprint density at radius 2 is 2.36 bits per heavy atom. The second-order valence-electron chi connectivity index (χ2n) is 3.19. The van der Waals surface area contributed by atoms with Crippen molar-refractivity contribution in [1.29, 1.82) is 0 Å². The van der Waals surface area contributed by atoms with Crippen LogP contribution >= 0.6 is 0 Å². The van der Waals surface area contributed by atoms with Gasteiger partial charge in [0.05, 0.1) is 6.33 Å². The smallest absolute Gasteiger partial charge is 0.0921 e. The van der Waals surface area contributed by atoms with E-state index in [1.807, 2.05) is 6.20 Å². The Morgan fingerprint density at radius 1 is 1.64 bits per heavy atom. The quantitative estimate of drug-likeness (QED) is 0.679. The van der Waals surface area contributed by atoms with E-state index in [2.05, 4.69) is 23.8 Å². The third-order valence-electron chi connectivity index (χ3n) is 1.87. The number of hydrogen-bond donors (Lipinski definition) is 2. The molecule has 0 saturated heterocycles. The van der Waals surface area contributed by atoms with Gasteiger partial charge < -0.3 is 10.7 Å². The second kappa shape index (κ2) is 3.53. The molecule has 0 saturated carbocycles. The maximum atomic E-state index is 5.86. The van der Waals surface area contributed by atoms with Crippen molar-refractivity contribution >= 4 is 0 Å². The standard InChI is InChI=1S/C8H15N3/c1-6(2)8(9)3-7-4-10-5-11-7/h4-6,8H,3,9H2,1-2H3,(H,10,11). The summed E-state index contributed by atoms with van der Waals surface area (Å²) < 4.78 is 0. The monoisotopic (exact) mass is 153 g/mol. The lowest BCUT2D eigenvalue weighted by Gasteiger charge is -2.13. The van der Waals surface area contributed by atoms with Crippen LogP contribution in [0.1, 0.15) is 19.5 Å². The van der Waals surface area contributed by atoms with Crippen LogP contribution in [0.5, 0.6) is 0 Å². The van der Waals surface area contributed by atoms with Gasteiger partial charge in [0.25, 0.3) is 0 Å². The number of nitrogens with two attached hydrogens (primary N) is 1. The fourth-order valence-electron chi connectivity index (χ4n) is 0.886. The summed E-state index contributed by atoms with van der Waals surface area (Å²) in [7, 11) is 0. The summed E-state index contributed by atoms with van der Waals surface area (Å²) in [5, 5.41) is 0. The van der Waals surface area contributed by atoms with Crippen LogP contribution in [0.25, 0.3) is 0 Å². The first kappa shape index (κ1) is 8.27. The van der Waals surface area contributed by atoms with Gasteiger partial charge in [0, 0.05) is 24.4 Å². The molecule has 0 aliphatic rings. The lowest BCUT2D eigenvalue weighted by atomic mass is 10.0. The predicted molar refractivity (Wildman–Crippen MR) is 45.1 cm³/mol. The van der Waals surface area contributed by atoms with Crippen molar-refractivity contribution in [2.24, 2.45) is 11.7 Å². The topological polar surface area (TPSA) is 54.7 Å². The van der Waals surface area contributed by atoms with E-state index in [0.29, 0.717) is 5.92 Å². The van der Waals surface area contributed by atoms with E-state index in [1.54, 1.807) is 6.33 Å². The molecule has 11 heavy (non-hydrogen) atoms. The first-order valence-electron chi connectivity index (χ1n) is 3.93. The van der Waals surface area contributed by atoms with Gasteiger partial charge in [-0.1, -0.05) is 13.8 Å². The molecule has 0 radical (unpaired) electrons. The molecule has 0 aromatic carbocycles. The Labute approximate surface area is 67.0 Å². The fraction of sp³-hybridized carbons (Fsp3) is 0.625. The van der Waals surface area contributed by atoms with Crippen molar-refractivity contribution < 1.29 is 0 Å². The van der Waals surface area contributed by atoms with Crippen LogP contribution in [0.15, 0.2) is 12.5 Å². The average molecular weight is 153 g/mol. The molecule has 3 N–H and O–H groups in total. The largest absolute Gasteiger partial charge is 0.348 e. The van der Waals surface area contributed by atoms with E-state index in [0.717, 1.165) is 12.1 Å². The zero-order chi connectivity index (χ0) is 8.27. The molecule has 1 aromatic heterocycles. The molecule has 0 aliphatic heterocycles. The molecule has 1 rings (SSSR count). The number of rotatable bonds is 3. The van der Waals surface area contributed by atoms with Crippen LogP contribution in [0.3, 0.4) is 0 Å². The van der Waals surface area contributed by atoms with Crippen molar-refractivity contribution in [3.63, 3.8) is 0 Å². The third kappa shape index (κ3) is 2.35. The van der Waals surface area contributed by atoms with E-state index < -0.39 is 0 Å². The summed E-state index contributed by atoms with van der Waals surface area (Å²) in [6.07, 6.45) is 4.39. The third-order valence-corrected chi connectivity index (χ3v) is 1.87. The zero-order valence-corrected chi connectivity index (χ0v) is 7.04. The lowest BCUT2D eigenvalue weighted by Crippen LogP contribution is -2.28. The minimum Gasteiger partial charge on any atom is -0.348 e. The number of H-pyrrole nitrogens is 1. The van der Waals surface area contributed by atoms with Gasteiger partial charge in [-0.25, -0.2) is 4.98 Å². The first-order valence-corrected chi connectivity index (χ1v) is 3.93. The maximum Gasteiger partial charge on any atom is 0.0921 e. The van der Waals surface area contributed by atoms with Gasteiger partial charge in [-0.05, 0) is 5.92 Å². The van der Waals surface area contributed by atoms with E-state index in [1.165, 1.54) is 0 Å². The molecule has 1 atom stereocenters. The Hall–Kier alpha value is -0.830. The lowest BCUT2D eigenvalue weighted by molar-refractivity contribution is 0.487. The number of nitrogens with one attached hydrogen (secondary N) is 1. The molecule has 0 amide bonds. The highest BCUT2D eigenvalue weighted by Crippen LogP contribution is 2.04. The molecule has 0 aliphatic carbocycles. The highest BCUT2D eigenvalue weighted by molar-refractivity contribution is 4.97. The molecule has 1 aromatic rings. The molecule has 0 fully saturated rings. The van der Waals surface area contributed by atoms with Crippen LogP contribution < -0.4 is 5.73 Å². The summed E-state index contributed by atoms with van der Waals surface area (Å²) >= 11 is 0. The molecule has 1 unspecified atom stereocenters. The molecule has 0 bridgehead atoms. The summed E-state index contributed by atoms with van der Waals surface area (Å²) in [6.45, 7) is 4.25. The van der Waals surface area contributed by atoms with Crippen molar-refractivity contribution in [3.05, 3.63) is 18.2 Å². The highest BCUT2D eigenvalue weighted by Gasteiger charge is 2.08. The van der Waals surface area contributed by atoms with Crippen LogP contribution in [-0.4, -0.2) is 16.0 Å². The molecular weight excluding hydrogens is 138 g/mol. The van der Waals surface area contributed by atoms with Crippen LogP contribution in [0, 0.1) is 5.92 Å². The number of nitrogens with zero attached hydrogens (tertiary/aromatic N) is 1. The Kier molecular flexibility index (Phi) is 2.65. The maximum absolute atomic E-state index is 5.86. The summed E-state index contributed by atoms with van der Waals surface area (Å²) in [5.41, 5.74) is 6.98. The molecule has 3 heteroatoms. The minimum absolute atomic E-state index is 0.232. The summed E-state index contributed by atoms with van der Waals surface area (Å²) in [5.74, 6) is 0.526. The van der Waals surface area contributed by atoms with Crippen LogP contribution in [0.4, 0.5) is 0 Å². The van der Waals surface area contributed by atoms with E-state index in [4.69, 9.17) is 5.73 Å². The minimum atomic E-state index is 0.232. The molecular formula is C8H15N3. The van der Waals surface area contributed by atoms with Gasteiger partial charge in [0.15, 0.2) is 0 Å². The molecule has 3 nitrogen and oxygen atoms in total.